The lowest BCUT2D eigenvalue weighted by Crippen LogP contribution is -2.49. The molecule has 0 fully saturated rings. The Morgan fingerprint density at radius 1 is 1.29 bits per heavy atom. The summed E-state index contributed by atoms with van der Waals surface area (Å²) < 4.78 is 35.2. The third kappa shape index (κ3) is 4.06. The average molecular weight is 491 g/mol. The predicted molar refractivity (Wildman–Crippen MR) is 113 cm³/mol. The molecular weight excluding hydrogens is 466 g/mol. The first-order valence-corrected chi connectivity index (χ1v) is 11.6. The third-order valence-electron chi connectivity index (χ3n) is 6.23. The summed E-state index contributed by atoms with van der Waals surface area (Å²) in [5.74, 6) is -0.956. The van der Waals surface area contributed by atoms with Crippen molar-refractivity contribution in [1.82, 2.24) is 14.5 Å². The smallest absolute Gasteiger partial charge is 0.400 e. The quantitative estimate of drug-likeness (QED) is 0.145. The Kier molecular flexibility index (Phi) is 5.63. The number of carboxylic acids is 1. The van der Waals surface area contributed by atoms with Crippen molar-refractivity contribution >= 4 is 29.4 Å². The van der Waals surface area contributed by atoms with Gasteiger partial charge in [0.1, 0.15) is 11.4 Å². The summed E-state index contributed by atoms with van der Waals surface area (Å²) in [6.07, 6.45) is 6.21. The van der Waals surface area contributed by atoms with Crippen LogP contribution in [0.2, 0.25) is 0 Å². The molecule has 3 N–H and O–H groups in total. The van der Waals surface area contributed by atoms with E-state index in [-0.39, 0.29) is 19.6 Å². The van der Waals surface area contributed by atoms with Crippen LogP contribution >= 0.6 is 0 Å². The first kappa shape index (κ1) is 22.2. The van der Waals surface area contributed by atoms with Gasteiger partial charge in [-0.05, 0) is 22.4 Å². The molecule has 2 aliphatic rings. The minimum Gasteiger partial charge on any atom is -0.478 e. The van der Waals surface area contributed by atoms with Crippen molar-refractivity contribution in [2.24, 2.45) is 0 Å². The van der Waals surface area contributed by atoms with Gasteiger partial charge in [0.2, 0.25) is 24.7 Å². The van der Waals surface area contributed by atoms with Crippen LogP contribution in [0.3, 0.4) is 0 Å². The van der Waals surface area contributed by atoms with E-state index >= 15 is 0 Å². The van der Waals surface area contributed by atoms with Crippen LogP contribution in [-0.2, 0) is 58.4 Å². The summed E-state index contributed by atoms with van der Waals surface area (Å²) in [6.45, 7) is 2.55. The molecule has 34 heavy (non-hydrogen) atoms. The lowest BCUT2D eigenvalue weighted by molar-refractivity contribution is -0.978. The van der Waals surface area contributed by atoms with Gasteiger partial charge in [-0.15, -0.1) is 9.25 Å². The fourth-order valence-electron chi connectivity index (χ4n) is 4.95. The van der Waals surface area contributed by atoms with E-state index in [4.69, 9.17) is 14.4 Å². The molecule has 0 bridgehead atoms. The summed E-state index contributed by atoms with van der Waals surface area (Å²) in [4.78, 5) is 21.8. The largest absolute Gasteiger partial charge is 0.478 e. The van der Waals surface area contributed by atoms with Crippen LogP contribution in [0.1, 0.15) is 23.2 Å². The van der Waals surface area contributed by atoms with Gasteiger partial charge >= 0.3 is 12.3 Å². The molecule has 1 aromatic carbocycles. The molecule has 0 saturated carbocycles. The molecular formula is C20H24N7O6S+3. The van der Waals surface area contributed by atoms with Gasteiger partial charge in [0.05, 0.1) is 6.54 Å². The standard InChI is InChI=1S/C20H22N7O6S/c28-14-33-13-23-7-17-10-27(6-5-15-1-3-16(4-2-15)21-34(31)32)11-18-8-24(9-19(29)30)22-26(18)20(27)25(17)12-23/h1-4,7-8,12,14,20-21H,5-6,9-11,13H2/q+1/p+2. The van der Waals surface area contributed by atoms with E-state index < -0.39 is 17.2 Å². The van der Waals surface area contributed by atoms with Crippen LogP contribution < -0.4 is 14.0 Å². The topological polar surface area (TPSA) is 143 Å². The molecule has 13 nitrogen and oxygen atoms in total. The number of carbonyl (C=O) groups excluding carboxylic acids is 1. The van der Waals surface area contributed by atoms with E-state index in [2.05, 4.69) is 14.5 Å². The number of aliphatic carboxylic acids is 1. The lowest BCUT2D eigenvalue weighted by Gasteiger charge is -2.28. The second-order valence-electron chi connectivity index (χ2n) is 8.50. The molecule has 0 spiro atoms. The minimum atomic E-state index is -2.11. The molecule has 178 valence electrons. The molecule has 3 unspecified atom stereocenters. The number of aromatic nitrogens is 5. The number of quaternary nitrogens is 1. The van der Waals surface area contributed by atoms with E-state index in [1.807, 2.05) is 29.3 Å². The Bertz CT molecular complexity index is 1270. The van der Waals surface area contributed by atoms with Crippen molar-refractivity contribution < 1.29 is 41.9 Å². The highest BCUT2D eigenvalue weighted by atomic mass is 32.2. The normalized spacial score (nSPS) is 20.9. The highest BCUT2D eigenvalue weighted by molar-refractivity contribution is 7.80. The van der Waals surface area contributed by atoms with Crippen molar-refractivity contribution in [3.05, 3.63) is 59.9 Å². The van der Waals surface area contributed by atoms with Gasteiger partial charge in [-0.3, -0.25) is 14.1 Å². The number of nitrogens with zero attached hydrogens (tertiary/aromatic N) is 6. The van der Waals surface area contributed by atoms with Crippen molar-refractivity contribution in [1.29, 1.82) is 0 Å². The highest BCUT2D eigenvalue weighted by Crippen LogP contribution is 2.42. The predicted octanol–water partition coefficient (Wildman–Crippen LogP) is -0.886. The van der Waals surface area contributed by atoms with Gasteiger partial charge in [0, 0.05) is 12.1 Å². The number of carbonyl (C=O) groups is 2. The molecule has 0 saturated heterocycles. The van der Waals surface area contributed by atoms with Gasteiger partial charge in [0.25, 0.3) is 24.1 Å². The van der Waals surface area contributed by atoms with Crippen LogP contribution in [-0.4, -0.2) is 51.8 Å². The Morgan fingerprint density at radius 3 is 2.76 bits per heavy atom. The van der Waals surface area contributed by atoms with Gasteiger partial charge in [-0.2, -0.15) is 0 Å². The van der Waals surface area contributed by atoms with Gasteiger partial charge in [0.15, 0.2) is 19.3 Å². The molecule has 3 atom stereocenters. The maximum absolute atomic E-state index is 11.2. The molecule has 0 amide bonds. The number of benzene rings is 1. The molecule has 2 aromatic heterocycles. The number of nitrogens with one attached hydrogen (secondary N) is 1. The van der Waals surface area contributed by atoms with Crippen molar-refractivity contribution in [3.63, 3.8) is 0 Å². The third-order valence-corrected chi connectivity index (χ3v) is 6.64. The van der Waals surface area contributed by atoms with Crippen LogP contribution in [0.4, 0.5) is 5.69 Å². The molecule has 14 heteroatoms. The summed E-state index contributed by atoms with van der Waals surface area (Å²) in [6, 6.07) is 7.40. The summed E-state index contributed by atoms with van der Waals surface area (Å²) in [5.41, 5.74) is 3.68. The first-order valence-electron chi connectivity index (χ1n) is 10.5. The van der Waals surface area contributed by atoms with Crippen molar-refractivity contribution in [3.8, 4) is 0 Å². The Balaban J connectivity index is 1.41. The number of rotatable bonds is 10. The van der Waals surface area contributed by atoms with Crippen LogP contribution in [0.15, 0.2) is 43.0 Å². The maximum Gasteiger partial charge on any atom is 0.400 e. The lowest BCUT2D eigenvalue weighted by atomic mass is 10.1. The number of ether oxygens (including phenoxy) is 1. The zero-order valence-corrected chi connectivity index (χ0v) is 18.9. The maximum atomic E-state index is 11.2. The number of carboxylic acid groups (broad SMARTS) is 1. The van der Waals surface area contributed by atoms with E-state index in [0.717, 1.165) is 36.5 Å². The summed E-state index contributed by atoms with van der Waals surface area (Å²) in [7, 11) is 0. The second-order valence-corrected chi connectivity index (χ2v) is 9.20. The fraction of sp³-hybridized carbons (Fsp3) is 0.350. The number of anilines is 1. The van der Waals surface area contributed by atoms with E-state index in [0.29, 0.717) is 23.2 Å². The molecule has 0 aliphatic carbocycles. The number of imidazole rings is 1. The van der Waals surface area contributed by atoms with Crippen molar-refractivity contribution in [2.75, 3.05) is 11.3 Å². The second kappa shape index (κ2) is 8.62. The van der Waals surface area contributed by atoms with Gasteiger partial charge in [-0.1, -0.05) is 12.1 Å². The van der Waals surface area contributed by atoms with Crippen LogP contribution in [0.5, 0.6) is 0 Å². The highest BCUT2D eigenvalue weighted by Gasteiger charge is 2.62. The Labute approximate surface area is 196 Å². The van der Waals surface area contributed by atoms with Crippen LogP contribution in [0.25, 0.3) is 0 Å². The first-order chi connectivity index (χ1) is 16.4. The zero-order chi connectivity index (χ0) is 23.9. The minimum absolute atomic E-state index is 0.111. The Hall–Kier alpha value is -3.62. The Morgan fingerprint density at radius 2 is 2.06 bits per heavy atom. The molecule has 4 heterocycles. The van der Waals surface area contributed by atoms with Crippen molar-refractivity contribution in [2.45, 2.75) is 39.1 Å². The molecule has 5 rings (SSSR count). The summed E-state index contributed by atoms with van der Waals surface area (Å²) in [5, 5.41) is 13.7. The zero-order valence-electron chi connectivity index (χ0n) is 18.1. The van der Waals surface area contributed by atoms with E-state index in [1.165, 1.54) is 4.68 Å². The molecule has 0 radical (unpaired) electrons. The number of hydrogen-bond donors (Lipinski definition) is 3. The fourth-order valence-corrected chi connectivity index (χ4v) is 5.29. The average Bonchev–Trinajstić information content (AvgIpc) is 3.47. The van der Waals surface area contributed by atoms with Crippen LogP contribution in [0, 0.1) is 0 Å². The monoisotopic (exact) mass is 490 g/mol. The molecule has 3 aromatic rings. The van der Waals surface area contributed by atoms with Gasteiger partial charge < -0.3 is 9.84 Å². The number of hydrogen-bond acceptors (Lipinski definition) is 5. The summed E-state index contributed by atoms with van der Waals surface area (Å²) >= 11 is -2.11. The number of fused-ring (bicyclic) bond motifs is 5. The van der Waals surface area contributed by atoms with E-state index in [1.54, 1.807) is 22.9 Å². The molecule has 2 aliphatic heterocycles. The van der Waals surface area contributed by atoms with E-state index in [9.17, 15) is 13.8 Å². The SMILES string of the molecule is O=COC[n+]1cc2n(c1)C1n3n[n+](CC(=O)O)cc3C[N+]1(CCc1ccc(NS(=O)O)cc1)C2. The van der Waals surface area contributed by atoms with Gasteiger partial charge in [-0.25, -0.2) is 18.1 Å².